The van der Waals surface area contributed by atoms with Crippen molar-refractivity contribution in [3.8, 4) is 0 Å². The van der Waals surface area contributed by atoms with E-state index in [0.29, 0.717) is 17.7 Å². The van der Waals surface area contributed by atoms with Gasteiger partial charge in [0.15, 0.2) is 0 Å². The molecule has 0 unspecified atom stereocenters. The fraction of sp³-hybridized carbons (Fsp3) is 0.310. The van der Waals surface area contributed by atoms with Gasteiger partial charge in [0.1, 0.15) is 18.4 Å². The van der Waals surface area contributed by atoms with Crippen LogP contribution in [0.15, 0.2) is 71.6 Å². The summed E-state index contributed by atoms with van der Waals surface area (Å²) in [5, 5.41) is 2.58. The molecule has 38 heavy (non-hydrogen) atoms. The van der Waals surface area contributed by atoms with Gasteiger partial charge in [0.25, 0.3) is 10.0 Å². The Kier molecular flexibility index (Phi) is 9.27. The molecule has 1 atom stereocenters. The zero-order chi connectivity index (χ0) is 28.0. The lowest BCUT2D eigenvalue weighted by Crippen LogP contribution is -2.51. The predicted octanol–water partition coefficient (Wildman–Crippen LogP) is 4.50. The summed E-state index contributed by atoms with van der Waals surface area (Å²) < 4.78 is 42.4. The lowest BCUT2D eigenvalue weighted by molar-refractivity contribution is -0.140. The van der Waals surface area contributed by atoms with E-state index >= 15 is 0 Å². The van der Waals surface area contributed by atoms with E-state index in [-0.39, 0.29) is 17.3 Å². The van der Waals surface area contributed by atoms with Gasteiger partial charge in [-0.05, 0) is 80.3 Å². The molecule has 0 spiro atoms. The Morgan fingerprint density at radius 3 is 2.00 bits per heavy atom. The first-order chi connectivity index (χ1) is 18.0. The topological polar surface area (TPSA) is 86.8 Å². The molecule has 0 aromatic heterocycles. The van der Waals surface area contributed by atoms with Crippen LogP contribution in [0, 0.1) is 26.6 Å². The number of likely N-dealkylation sites (N-methyl/N-ethyl adjacent to an activating group) is 1. The fourth-order valence-corrected chi connectivity index (χ4v) is 5.73. The van der Waals surface area contributed by atoms with Crippen LogP contribution < -0.4 is 9.62 Å². The molecule has 0 aliphatic carbocycles. The SMILES string of the molecule is CC[C@H](C(=O)NC)N(Cc1ccc(F)cc1)C(=O)CN(c1cc(C)cc(C)c1)S(=O)(=O)c1ccc(C)cc1. The minimum atomic E-state index is -4.13. The largest absolute Gasteiger partial charge is 0.357 e. The van der Waals surface area contributed by atoms with E-state index < -0.39 is 34.3 Å². The maximum Gasteiger partial charge on any atom is 0.264 e. The molecule has 0 fully saturated rings. The number of anilines is 1. The van der Waals surface area contributed by atoms with Gasteiger partial charge in [-0.15, -0.1) is 0 Å². The van der Waals surface area contributed by atoms with Crippen LogP contribution in [0.5, 0.6) is 0 Å². The van der Waals surface area contributed by atoms with Gasteiger partial charge in [-0.1, -0.05) is 42.8 Å². The quantitative estimate of drug-likeness (QED) is 0.411. The van der Waals surface area contributed by atoms with Crippen molar-refractivity contribution in [1.82, 2.24) is 10.2 Å². The lowest BCUT2D eigenvalue weighted by Gasteiger charge is -2.33. The van der Waals surface area contributed by atoms with Crippen LogP contribution in [0.3, 0.4) is 0 Å². The molecular formula is C29H34FN3O4S. The summed E-state index contributed by atoms with van der Waals surface area (Å²) in [4.78, 5) is 28.0. The summed E-state index contributed by atoms with van der Waals surface area (Å²) in [5.74, 6) is -1.35. The van der Waals surface area contributed by atoms with Crippen LogP contribution in [0.2, 0.25) is 0 Å². The van der Waals surface area contributed by atoms with Gasteiger partial charge in [-0.2, -0.15) is 0 Å². The summed E-state index contributed by atoms with van der Waals surface area (Å²) in [6.07, 6.45) is 0.306. The van der Waals surface area contributed by atoms with Gasteiger partial charge >= 0.3 is 0 Å². The molecule has 0 heterocycles. The van der Waals surface area contributed by atoms with Gasteiger partial charge in [-0.3, -0.25) is 13.9 Å². The smallest absolute Gasteiger partial charge is 0.264 e. The summed E-state index contributed by atoms with van der Waals surface area (Å²) in [7, 11) is -2.65. The Bertz CT molecular complexity index is 1370. The molecular weight excluding hydrogens is 505 g/mol. The second-order valence-electron chi connectivity index (χ2n) is 9.36. The molecule has 0 aliphatic rings. The number of hydrogen-bond donors (Lipinski definition) is 1. The van der Waals surface area contributed by atoms with Crippen molar-refractivity contribution in [3.05, 3.63) is 94.8 Å². The number of carbonyl (C=O) groups excluding carboxylic acids is 2. The Morgan fingerprint density at radius 2 is 1.47 bits per heavy atom. The molecule has 3 aromatic carbocycles. The molecule has 0 aliphatic heterocycles. The highest BCUT2D eigenvalue weighted by Crippen LogP contribution is 2.27. The molecule has 202 valence electrons. The Labute approximate surface area is 224 Å². The number of amides is 2. The number of sulfonamides is 1. The summed E-state index contributed by atoms with van der Waals surface area (Å²) in [5.41, 5.74) is 3.56. The minimum Gasteiger partial charge on any atom is -0.357 e. The highest BCUT2D eigenvalue weighted by molar-refractivity contribution is 7.92. The number of nitrogens with one attached hydrogen (secondary N) is 1. The third-order valence-electron chi connectivity index (χ3n) is 6.28. The van der Waals surface area contributed by atoms with Gasteiger partial charge in [0.2, 0.25) is 11.8 Å². The summed E-state index contributed by atoms with van der Waals surface area (Å²) in [6.45, 7) is 6.83. The first-order valence-electron chi connectivity index (χ1n) is 12.4. The highest BCUT2D eigenvalue weighted by Gasteiger charge is 2.33. The van der Waals surface area contributed by atoms with Gasteiger partial charge < -0.3 is 10.2 Å². The van der Waals surface area contributed by atoms with Crippen molar-refractivity contribution in [2.75, 3.05) is 17.9 Å². The van der Waals surface area contributed by atoms with E-state index in [9.17, 15) is 22.4 Å². The van der Waals surface area contributed by atoms with Crippen LogP contribution >= 0.6 is 0 Å². The number of nitrogens with zero attached hydrogens (tertiary/aromatic N) is 2. The van der Waals surface area contributed by atoms with E-state index in [1.54, 1.807) is 31.2 Å². The highest BCUT2D eigenvalue weighted by atomic mass is 32.2. The third kappa shape index (κ3) is 6.77. The maximum atomic E-state index is 13.9. The van der Waals surface area contributed by atoms with Crippen molar-refractivity contribution in [2.45, 2.75) is 51.6 Å². The Morgan fingerprint density at radius 1 is 0.895 bits per heavy atom. The molecule has 0 saturated heterocycles. The first-order valence-corrected chi connectivity index (χ1v) is 13.8. The van der Waals surface area contributed by atoms with E-state index in [4.69, 9.17) is 0 Å². The lowest BCUT2D eigenvalue weighted by atomic mass is 10.1. The number of hydrogen-bond acceptors (Lipinski definition) is 4. The van der Waals surface area contributed by atoms with Crippen LogP contribution in [0.4, 0.5) is 10.1 Å². The molecule has 2 amide bonds. The molecule has 0 bridgehead atoms. The second kappa shape index (κ2) is 12.2. The minimum absolute atomic E-state index is 0.0102. The second-order valence-corrected chi connectivity index (χ2v) is 11.2. The van der Waals surface area contributed by atoms with Crippen molar-refractivity contribution in [3.63, 3.8) is 0 Å². The monoisotopic (exact) mass is 539 g/mol. The molecule has 9 heteroatoms. The maximum absolute atomic E-state index is 13.9. The van der Waals surface area contributed by atoms with Gasteiger partial charge in [-0.25, -0.2) is 12.8 Å². The molecule has 0 saturated carbocycles. The Balaban J connectivity index is 2.09. The summed E-state index contributed by atoms with van der Waals surface area (Å²) >= 11 is 0. The third-order valence-corrected chi connectivity index (χ3v) is 8.07. The van der Waals surface area contributed by atoms with E-state index in [1.165, 1.54) is 48.3 Å². The van der Waals surface area contributed by atoms with E-state index in [0.717, 1.165) is 21.0 Å². The van der Waals surface area contributed by atoms with Crippen molar-refractivity contribution < 1.29 is 22.4 Å². The number of carbonyl (C=O) groups is 2. The number of rotatable bonds is 10. The molecule has 3 rings (SSSR count). The van der Waals surface area contributed by atoms with Crippen molar-refractivity contribution in [2.24, 2.45) is 0 Å². The van der Waals surface area contributed by atoms with Crippen LogP contribution in [0.1, 0.15) is 35.6 Å². The number of benzene rings is 3. The van der Waals surface area contributed by atoms with E-state index in [2.05, 4.69) is 5.32 Å². The fourth-order valence-electron chi connectivity index (χ4n) is 4.33. The Hall–Kier alpha value is -3.72. The molecule has 0 radical (unpaired) electrons. The van der Waals surface area contributed by atoms with Crippen molar-refractivity contribution >= 4 is 27.5 Å². The van der Waals surface area contributed by atoms with Gasteiger partial charge in [0.05, 0.1) is 10.6 Å². The summed E-state index contributed by atoms with van der Waals surface area (Å²) in [6, 6.07) is 16.6. The van der Waals surface area contributed by atoms with Crippen LogP contribution in [-0.4, -0.2) is 44.8 Å². The van der Waals surface area contributed by atoms with Crippen LogP contribution in [0.25, 0.3) is 0 Å². The zero-order valence-corrected chi connectivity index (χ0v) is 23.2. The number of halogens is 1. The normalized spacial score (nSPS) is 12.1. The van der Waals surface area contributed by atoms with E-state index in [1.807, 2.05) is 26.8 Å². The average molecular weight is 540 g/mol. The molecule has 1 N–H and O–H groups in total. The number of aryl methyl sites for hydroxylation is 3. The predicted molar refractivity (Wildman–Crippen MR) is 147 cm³/mol. The standard InChI is InChI=1S/C29H34FN3O4S/c1-6-27(29(35)31-5)32(18-23-9-11-24(30)12-10-23)28(34)19-33(25-16-21(3)15-22(4)17-25)38(36,37)26-13-7-20(2)8-14-26/h7-17,27H,6,18-19H2,1-5H3,(H,31,35)/t27-/m1/s1. The molecule has 7 nitrogen and oxygen atoms in total. The van der Waals surface area contributed by atoms with Crippen LogP contribution in [-0.2, 0) is 26.2 Å². The van der Waals surface area contributed by atoms with Gasteiger partial charge in [0, 0.05) is 13.6 Å². The average Bonchev–Trinajstić information content (AvgIpc) is 2.87. The molecule has 3 aromatic rings. The van der Waals surface area contributed by atoms with Crippen molar-refractivity contribution in [1.29, 1.82) is 0 Å². The zero-order valence-electron chi connectivity index (χ0n) is 22.4. The first kappa shape index (κ1) is 28.8.